The fourth-order valence-electron chi connectivity index (χ4n) is 2.51. The molecule has 2 aromatic carbocycles. The summed E-state index contributed by atoms with van der Waals surface area (Å²) in [7, 11) is 0. The van der Waals surface area contributed by atoms with E-state index >= 15 is 0 Å². The molecule has 130 valence electrons. The Kier molecular flexibility index (Phi) is 4.55. The zero-order chi connectivity index (χ0) is 18.2. The first-order valence-corrected chi connectivity index (χ1v) is 8.16. The summed E-state index contributed by atoms with van der Waals surface area (Å²) in [6, 6.07) is 9.87. The van der Waals surface area contributed by atoms with E-state index in [1.807, 2.05) is 0 Å². The number of rotatable bonds is 3. The minimum Gasteiger partial charge on any atom is -0.363 e. The number of aromatic nitrogens is 2. The van der Waals surface area contributed by atoms with Gasteiger partial charge in [-0.15, -0.1) is 0 Å². The molecule has 0 aliphatic heterocycles. The molecular formula is C17H13BrF3N3O. The molecule has 3 rings (SSSR count). The van der Waals surface area contributed by atoms with E-state index in [2.05, 4.69) is 31.2 Å². The van der Waals surface area contributed by atoms with Crippen molar-refractivity contribution in [2.24, 2.45) is 0 Å². The van der Waals surface area contributed by atoms with E-state index in [9.17, 15) is 18.0 Å². The molecule has 3 aromatic rings. The molecule has 1 unspecified atom stereocenters. The second-order valence-corrected chi connectivity index (χ2v) is 6.49. The Morgan fingerprint density at radius 3 is 2.68 bits per heavy atom. The van der Waals surface area contributed by atoms with Crippen molar-refractivity contribution in [1.29, 1.82) is 0 Å². The summed E-state index contributed by atoms with van der Waals surface area (Å²) < 4.78 is 39.4. The molecule has 2 N–H and O–H groups in total. The maximum Gasteiger partial charge on any atom is 0.416 e. The summed E-state index contributed by atoms with van der Waals surface area (Å²) in [5.41, 5.74) is -0.222. The standard InChI is InChI=1S/C17H13BrF3N3O/c1-9(10-3-2-4-11(7-10)17(19,20)21)22-15-13-8-12(18)5-6-14(13)23-16(25)24-15/h2-9H,1H3,(H2,22,23,24,25). The first-order valence-electron chi connectivity index (χ1n) is 7.37. The fourth-order valence-corrected chi connectivity index (χ4v) is 2.87. The summed E-state index contributed by atoms with van der Waals surface area (Å²) in [6.07, 6.45) is -4.41. The van der Waals surface area contributed by atoms with Crippen LogP contribution in [0, 0.1) is 0 Å². The van der Waals surface area contributed by atoms with Gasteiger partial charge < -0.3 is 10.3 Å². The molecule has 1 atom stereocenters. The Morgan fingerprint density at radius 2 is 1.96 bits per heavy atom. The van der Waals surface area contributed by atoms with E-state index in [0.717, 1.165) is 16.6 Å². The van der Waals surface area contributed by atoms with Gasteiger partial charge >= 0.3 is 11.9 Å². The van der Waals surface area contributed by atoms with Crippen LogP contribution in [0.25, 0.3) is 10.9 Å². The lowest BCUT2D eigenvalue weighted by Crippen LogP contribution is -2.16. The highest BCUT2D eigenvalue weighted by Gasteiger charge is 2.30. The van der Waals surface area contributed by atoms with E-state index in [1.165, 1.54) is 6.07 Å². The van der Waals surface area contributed by atoms with E-state index in [0.29, 0.717) is 22.3 Å². The first-order chi connectivity index (χ1) is 11.7. The summed E-state index contributed by atoms with van der Waals surface area (Å²) in [4.78, 5) is 18.3. The van der Waals surface area contributed by atoms with Crippen molar-refractivity contribution in [1.82, 2.24) is 9.97 Å². The number of benzene rings is 2. The van der Waals surface area contributed by atoms with Crippen molar-refractivity contribution in [3.05, 3.63) is 68.5 Å². The molecule has 0 saturated heterocycles. The zero-order valence-corrected chi connectivity index (χ0v) is 14.6. The Bertz CT molecular complexity index is 985. The molecule has 8 heteroatoms. The Morgan fingerprint density at radius 1 is 1.20 bits per heavy atom. The van der Waals surface area contributed by atoms with Crippen LogP contribution in [0.15, 0.2) is 51.7 Å². The number of fused-ring (bicyclic) bond motifs is 1. The lowest BCUT2D eigenvalue weighted by atomic mass is 10.0. The maximum absolute atomic E-state index is 12.9. The Labute approximate surface area is 149 Å². The summed E-state index contributed by atoms with van der Waals surface area (Å²) in [5.74, 6) is 0.310. The molecule has 4 nitrogen and oxygen atoms in total. The largest absolute Gasteiger partial charge is 0.416 e. The predicted molar refractivity (Wildman–Crippen MR) is 93.5 cm³/mol. The van der Waals surface area contributed by atoms with Crippen molar-refractivity contribution >= 4 is 32.7 Å². The molecular weight excluding hydrogens is 399 g/mol. The van der Waals surface area contributed by atoms with Crippen molar-refractivity contribution in [3.63, 3.8) is 0 Å². The number of halogens is 4. The third-order valence-electron chi connectivity index (χ3n) is 3.76. The van der Waals surface area contributed by atoms with Crippen LogP contribution in [0.4, 0.5) is 19.0 Å². The average Bonchev–Trinajstić information content (AvgIpc) is 2.55. The first kappa shape index (κ1) is 17.5. The van der Waals surface area contributed by atoms with Gasteiger partial charge in [0.15, 0.2) is 0 Å². The van der Waals surface area contributed by atoms with Crippen LogP contribution in [0.5, 0.6) is 0 Å². The molecule has 0 saturated carbocycles. The van der Waals surface area contributed by atoms with Gasteiger partial charge in [0.25, 0.3) is 0 Å². The third-order valence-corrected chi connectivity index (χ3v) is 4.25. The lowest BCUT2D eigenvalue weighted by molar-refractivity contribution is -0.137. The summed E-state index contributed by atoms with van der Waals surface area (Å²) in [6.45, 7) is 1.71. The van der Waals surface area contributed by atoms with Crippen LogP contribution in [0.2, 0.25) is 0 Å². The topological polar surface area (TPSA) is 57.8 Å². The smallest absolute Gasteiger partial charge is 0.363 e. The van der Waals surface area contributed by atoms with Gasteiger partial charge in [-0.3, -0.25) is 0 Å². The fraction of sp³-hybridized carbons (Fsp3) is 0.176. The van der Waals surface area contributed by atoms with Crippen LogP contribution in [0.3, 0.4) is 0 Å². The highest BCUT2D eigenvalue weighted by molar-refractivity contribution is 9.10. The number of alkyl halides is 3. The van der Waals surface area contributed by atoms with E-state index in [4.69, 9.17) is 0 Å². The third kappa shape index (κ3) is 3.84. The van der Waals surface area contributed by atoms with Crippen molar-refractivity contribution < 1.29 is 13.2 Å². The van der Waals surface area contributed by atoms with Gasteiger partial charge in [0.1, 0.15) is 5.82 Å². The molecule has 1 heterocycles. The van der Waals surface area contributed by atoms with E-state index in [1.54, 1.807) is 31.2 Å². The lowest BCUT2D eigenvalue weighted by Gasteiger charge is -2.17. The van der Waals surface area contributed by atoms with E-state index < -0.39 is 23.5 Å². The van der Waals surface area contributed by atoms with Crippen LogP contribution < -0.4 is 11.0 Å². The molecule has 0 fully saturated rings. The average molecular weight is 412 g/mol. The van der Waals surface area contributed by atoms with Crippen LogP contribution in [0.1, 0.15) is 24.1 Å². The van der Waals surface area contributed by atoms with Crippen molar-refractivity contribution in [2.75, 3.05) is 5.32 Å². The van der Waals surface area contributed by atoms with Gasteiger partial charge in [-0.2, -0.15) is 18.2 Å². The minimum atomic E-state index is -4.41. The molecule has 0 bridgehead atoms. The number of anilines is 1. The monoisotopic (exact) mass is 411 g/mol. The highest BCUT2D eigenvalue weighted by Crippen LogP contribution is 2.32. The quantitative estimate of drug-likeness (QED) is 0.645. The van der Waals surface area contributed by atoms with E-state index in [-0.39, 0.29) is 0 Å². The number of aromatic amines is 1. The van der Waals surface area contributed by atoms with Gasteiger partial charge in [-0.1, -0.05) is 28.1 Å². The summed E-state index contributed by atoms with van der Waals surface area (Å²) in [5, 5.41) is 3.69. The summed E-state index contributed by atoms with van der Waals surface area (Å²) >= 11 is 3.36. The number of nitrogens with one attached hydrogen (secondary N) is 2. The highest BCUT2D eigenvalue weighted by atomic mass is 79.9. The Hall–Kier alpha value is -2.35. The van der Waals surface area contributed by atoms with Crippen molar-refractivity contribution in [2.45, 2.75) is 19.1 Å². The molecule has 0 spiro atoms. The molecule has 0 aliphatic rings. The number of hydrogen-bond acceptors (Lipinski definition) is 3. The van der Waals surface area contributed by atoms with Gasteiger partial charge in [0.05, 0.1) is 11.1 Å². The van der Waals surface area contributed by atoms with Gasteiger partial charge in [0.2, 0.25) is 0 Å². The maximum atomic E-state index is 12.9. The molecule has 0 aliphatic carbocycles. The predicted octanol–water partition coefficient (Wildman–Crippen LogP) is 4.88. The van der Waals surface area contributed by atoms with Crippen LogP contribution in [-0.4, -0.2) is 9.97 Å². The Balaban J connectivity index is 1.99. The van der Waals surface area contributed by atoms with Crippen LogP contribution >= 0.6 is 15.9 Å². The number of H-pyrrole nitrogens is 1. The van der Waals surface area contributed by atoms with Crippen LogP contribution in [-0.2, 0) is 6.18 Å². The molecule has 0 amide bonds. The van der Waals surface area contributed by atoms with Gasteiger partial charge in [0, 0.05) is 15.9 Å². The minimum absolute atomic E-state index is 0.310. The SMILES string of the molecule is CC(Nc1nc(=O)[nH]c2ccc(Br)cc12)c1cccc(C(F)(F)F)c1. The van der Waals surface area contributed by atoms with Gasteiger partial charge in [-0.05, 0) is 42.8 Å². The molecule has 0 radical (unpaired) electrons. The number of nitrogens with zero attached hydrogens (tertiary/aromatic N) is 1. The van der Waals surface area contributed by atoms with Gasteiger partial charge in [-0.25, -0.2) is 4.79 Å². The zero-order valence-electron chi connectivity index (χ0n) is 13.0. The second-order valence-electron chi connectivity index (χ2n) is 5.57. The van der Waals surface area contributed by atoms with Crippen molar-refractivity contribution in [3.8, 4) is 0 Å². The normalized spacial score (nSPS) is 13.0. The molecule has 25 heavy (non-hydrogen) atoms. The second kappa shape index (κ2) is 6.51. The molecule has 1 aromatic heterocycles. The number of hydrogen-bond donors (Lipinski definition) is 2.